The zero-order valence-electron chi connectivity index (χ0n) is 11.0. The standard InChI is InChI=1S/C14H19N3O2/c18-13(12-9-15-11-16-10-12)14(3-1-2-4-14)17-5-7-19-8-6-17/h9-11H,1-8H2. The molecule has 1 saturated heterocycles. The predicted octanol–water partition coefficient (Wildman–Crippen LogP) is 1.30. The van der Waals surface area contributed by atoms with Gasteiger partial charge in [0, 0.05) is 25.5 Å². The normalized spacial score (nSPS) is 23.4. The van der Waals surface area contributed by atoms with Gasteiger partial charge in [-0.2, -0.15) is 0 Å². The van der Waals surface area contributed by atoms with Gasteiger partial charge in [-0.3, -0.25) is 9.69 Å². The largest absolute Gasteiger partial charge is 0.379 e. The summed E-state index contributed by atoms with van der Waals surface area (Å²) >= 11 is 0. The van der Waals surface area contributed by atoms with Crippen molar-refractivity contribution in [2.75, 3.05) is 26.3 Å². The molecule has 0 radical (unpaired) electrons. The molecule has 0 aromatic carbocycles. The molecule has 1 aromatic heterocycles. The Kier molecular flexibility index (Phi) is 3.57. The first-order valence-corrected chi connectivity index (χ1v) is 6.95. The van der Waals surface area contributed by atoms with Gasteiger partial charge in [0.25, 0.3) is 0 Å². The number of ketones is 1. The first-order valence-electron chi connectivity index (χ1n) is 6.95. The van der Waals surface area contributed by atoms with E-state index in [0.29, 0.717) is 5.56 Å². The highest BCUT2D eigenvalue weighted by molar-refractivity contribution is 6.03. The summed E-state index contributed by atoms with van der Waals surface area (Å²) in [5.74, 6) is 0.188. The topological polar surface area (TPSA) is 55.3 Å². The molecule has 1 aliphatic carbocycles. The highest BCUT2D eigenvalue weighted by atomic mass is 16.5. The van der Waals surface area contributed by atoms with Crippen LogP contribution >= 0.6 is 0 Å². The molecule has 102 valence electrons. The molecule has 1 aliphatic heterocycles. The average molecular weight is 261 g/mol. The van der Waals surface area contributed by atoms with E-state index >= 15 is 0 Å². The van der Waals surface area contributed by atoms with E-state index in [1.807, 2.05) is 0 Å². The molecule has 0 N–H and O–H groups in total. The van der Waals surface area contributed by atoms with Gasteiger partial charge in [-0.1, -0.05) is 12.8 Å². The number of aromatic nitrogens is 2. The third-order valence-corrected chi connectivity index (χ3v) is 4.29. The summed E-state index contributed by atoms with van der Waals surface area (Å²) in [5, 5.41) is 0. The molecule has 19 heavy (non-hydrogen) atoms. The van der Waals surface area contributed by atoms with E-state index in [-0.39, 0.29) is 11.3 Å². The van der Waals surface area contributed by atoms with Crippen LogP contribution in [0.5, 0.6) is 0 Å². The minimum atomic E-state index is -0.339. The fourth-order valence-corrected chi connectivity index (χ4v) is 3.32. The monoisotopic (exact) mass is 261 g/mol. The molecule has 0 bridgehead atoms. The van der Waals surface area contributed by atoms with Crippen LogP contribution in [0.1, 0.15) is 36.0 Å². The van der Waals surface area contributed by atoms with Crippen LogP contribution in [0.15, 0.2) is 18.7 Å². The van der Waals surface area contributed by atoms with E-state index in [1.54, 1.807) is 12.4 Å². The van der Waals surface area contributed by atoms with Crippen molar-refractivity contribution in [3.63, 3.8) is 0 Å². The number of carbonyl (C=O) groups excluding carboxylic acids is 1. The molecular formula is C14H19N3O2. The van der Waals surface area contributed by atoms with E-state index in [2.05, 4.69) is 14.9 Å². The van der Waals surface area contributed by atoms with Gasteiger partial charge in [0.05, 0.1) is 24.3 Å². The Balaban J connectivity index is 1.89. The lowest BCUT2D eigenvalue weighted by Gasteiger charge is -2.42. The molecule has 1 saturated carbocycles. The number of ether oxygens (including phenoxy) is 1. The van der Waals surface area contributed by atoms with Crippen LogP contribution in [-0.2, 0) is 4.74 Å². The van der Waals surface area contributed by atoms with Crippen molar-refractivity contribution in [3.8, 4) is 0 Å². The minimum absolute atomic E-state index is 0.188. The molecule has 1 aromatic rings. The summed E-state index contributed by atoms with van der Waals surface area (Å²) in [7, 11) is 0. The lowest BCUT2D eigenvalue weighted by Crippen LogP contribution is -2.56. The molecule has 5 heteroatoms. The van der Waals surface area contributed by atoms with E-state index in [0.717, 1.165) is 52.0 Å². The maximum Gasteiger partial charge on any atom is 0.186 e. The van der Waals surface area contributed by atoms with Gasteiger partial charge in [0.15, 0.2) is 5.78 Å². The van der Waals surface area contributed by atoms with Crippen molar-refractivity contribution in [2.45, 2.75) is 31.2 Å². The number of hydrogen-bond acceptors (Lipinski definition) is 5. The molecule has 0 unspecified atom stereocenters. The second-order valence-electron chi connectivity index (χ2n) is 5.29. The Morgan fingerprint density at radius 3 is 2.42 bits per heavy atom. The fourth-order valence-electron chi connectivity index (χ4n) is 3.32. The van der Waals surface area contributed by atoms with Crippen LogP contribution in [0.4, 0.5) is 0 Å². The number of Topliss-reactive ketones (excluding diaryl/α,β-unsaturated/α-hetero) is 1. The summed E-state index contributed by atoms with van der Waals surface area (Å²) in [6.07, 6.45) is 8.87. The fraction of sp³-hybridized carbons (Fsp3) is 0.643. The van der Waals surface area contributed by atoms with E-state index in [1.165, 1.54) is 6.33 Å². The van der Waals surface area contributed by atoms with Gasteiger partial charge in [0.2, 0.25) is 0 Å². The van der Waals surface area contributed by atoms with Gasteiger partial charge in [-0.25, -0.2) is 9.97 Å². The van der Waals surface area contributed by atoms with Gasteiger partial charge < -0.3 is 4.74 Å². The van der Waals surface area contributed by atoms with Crippen molar-refractivity contribution in [3.05, 3.63) is 24.3 Å². The summed E-state index contributed by atoms with van der Waals surface area (Å²) in [5.41, 5.74) is 0.296. The maximum atomic E-state index is 12.9. The van der Waals surface area contributed by atoms with Crippen LogP contribution in [0, 0.1) is 0 Å². The number of hydrogen-bond donors (Lipinski definition) is 0. The van der Waals surface area contributed by atoms with Gasteiger partial charge in [-0.05, 0) is 12.8 Å². The number of nitrogens with zero attached hydrogens (tertiary/aromatic N) is 3. The molecule has 5 nitrogen and oxygen atoms in total. The zero-order chi connectivity index (χ0) is 13.1. The summed E-state index contributed by atoms with van der Waals surface area (Å²) in [6, 6.07) is 0. The number of carbonyl (C=O) groups is 1. The molecular weight excluding hydrogens is 242 g/mol. The van der Waals surface area contributed by atoms with Gasteiger partial charge in [0.1, 0.15) is 6.33 Å². The van der Waals surface area contributed by atoms with Crippen molar-refractivity contribution in [1.29, 1.82) is 0 Å². The maximum absolute atomic E-state index is 12.9. The molecule has 0 spiro atoms. The molecule has 3 rings (SSSR count). The molecule has 0 amide bonds. The van der Waals surface area contributed by atoms with Gasteiger partial charge >= 0.3 is 0 Å². The average Bonchev–Trinajstić information content (AvgIpc) is 2.99. The van der Waals surface area contributed by atoms with Crippen molar-refractivity contribution in [2.24, 2.45) is 0 Å². The highest BCUT2D eigenvalue weighted by Crippen LogP contribution is 2.38. The Labute approximate surface area is 113 Å². The summed E-state index contributed by atoms with van der Waals surface area (Å²) in [6.45, 7) is 3.14. The van der Waals surface area contributed by atoms with Crippen molar-refractivity contribution >= 4 is 5.78 Å². The van der Waals surface area contributed by atoms with Crippen molar-refractivity contribution in [1.82, 2.24) is 14.9 Å². The molecule has 0 atom stereocenters. The van der Waals surface area contributed by atoms with Crippen LogP contribution in [0.3, 0.4) is 0 Å². The summed E-state index contributed by atoms with van der Waals surface area (Å²) < 4.78 is 5.41. The highest BCUT2D eigenvalue weighted by Gasteiger charge is 2.46. The van der Waals surface area contributed by atoms with Crippen molar-refractivity contribution < 1.29 is 9.53 Å². The zero-order valence-corrected chi connectivity index (χ0v) is 11.0. The second kappa shape index (κ2) is 5.35. The van der Waals surface area contributed by atoms with E-state index in [4.69, 9.17) is 4.74 Å². The van der Waals surface area contributed by atoms with Gasteiger partial charge in [-0.15, -0.1) is 0 Å². The lowest BCUT2D eigenvalue weighted by molar-refractivity contribution is -0.0130. The van der Waals surface area contributed by atoms with E-state index in [9.17, 15) is 4.79 Å². The Morgan fingerprint density at radius 2 is 1.79 bits per heavy atom. The number of morpholine rings is 1. The Hall–Kier alpha value is -1.33. The third kappa shape index (κ3) is 2.28. The van der Waals surface area contributed by atoms with Crippen LogP contribution in [0.25, 0.3) is 0 Å². The van der Waals surface area contributed by atoms with E-state index < -0.39 is 0 Å². The first kappa shape index (κ1) is 12.7. The molecule has 2 fully saturated rings. The molecule has 2 aliphatic rings. The Bertz CT molecular complexity index is 437. The minimum Gasteiger partial charge on any atom is -0.379 e. The Morgan fingerprint density at radius 1 is 1.16 bits per heavy atom. The third-order valence-electron chi connectivity index (χ3n) is 4.29. The van der Waals surface area contributed by atoms with Crippen LogP contribution in [0.2, 0.25) is 0 Å². The van der Waals surface area contributed by atoms with Crippen LogP contribution in [-0.4, -0.2) is 52.5 Å². The summed E-state index contributed by atoms with van der Waals surface area (Å²) in [4.78, 5) is 23.2. The second-order valence-corrected chi connectivity index (χ2v) is 5.29. The molecule has 2 heterocycles. The smallest absolute Gasteiger partial charge is 0.186 e. The quantitative estimate of drug-likeness (QED) is 0.768. The van der Waals surface area contributed by atoms with Crippen LogP contribution < -0.4 is 0 Å². The predicted molar refractivity (Wildman–Crippen MR) is 70.0 cm³/mol. The lowest BCUT2D eigenvalue weighted by atomic mass is 9.86. The number of rotatable bonds is 3. The SMILES string of the molecule is O=C(c1cncnc1)C1(N2CCOCC2)CCCC1. The first-order chi connectivity index (χ1) is 9.33.